The molecule has 2 aromatic rings. The zero-order valence-electron chi connectivity index (χ0n) is 9.81. The molecule has 0 spiro atoms. The molecule has 0 fully saturated rings. The van der Waals surface area contributed by atoms with Gasteiger partial charge < -0.3 is 4.52 Å². The van der Waals surface area contributed by atoms with Crippen LogP contribution in [-0.4, -0.2) is 21.0 Å². The summed E-state index contributed by atoms with van der Waals surface area (Å²) in [5, 5.41) is 12.9. The maximum Gasteiger partial charge on any atom is 0.326 e. The minimum atomic E-state index is -0.406. The summed E-state index contributed by atoms with van der Waals surface area (Å²) in [7, 11) is 1.80. The third kappa shape index (κ3) is 2.63. The van der Waals surface area contributed by atoms with Gasteiger partial charge in [0.1, 0.15) is 5.76 Å². The maximum atomic E-state index is 11.6. The summed E-state index contributed by atoms with van der Waals surface area (Å²) in [5.74, 6) is 1.49. The van der Waals surface area contributed by atoms with Crippen LogP contribution < -0.4 is 10.6 Å². The van der Waals surface area contributed by atoms with E-state index in [2.05, 4.69) is 20.9 Å². The van der Waals surface area contributed by atoms with Crippen LogP contribution in [0.4, 0.5) is 16.4 Å². The van der Waals surface area contributed by atoms with Gasteiger partial charge in [-0.3, -0.25) is 15.3 Å². The molecular weight excluding hydrogens is 222 g/mol. The Balaban J connectivity index is 1.97. The molecule has 0 aliphatic heterocycles. The molecule has 0 saturated heterocycles. The van der Waals surface area contributed by atoms with Gasteiger partial charge in [-0.1, -0.05) is 5.16 Å². The number of nitrogens with zero attached hydrogens (tertiary/aromatic N) is 3. The van der Waals surface area contributed by atoms with E-state index in [-0.39, 0.29) is 0 Å². The second-order valence-electron chi connectivity index (χ2n) is 3.70. The summed E-state index contributed by atoms with van der Waals surface area (Å²) in [6.07, 6.45) is 0. The van der Waals surface area contributed by atoms with Gasteiger partial charge in [0, 0.05) is 24.9 Å². The molecule has 17 heavy (non-hydrogen) atoms. The highest BCUT2D eigenvalue weighted by molar-refractivity contribution is 5.98. The molecule has 0 saturated carbocycles. The largest absolute Gasteiger partial charge is 0.360 e. The molecule has 0 bridgehead atoms. The van der Waals surface area contributed by atoms with Crippen molar-refractivity contribution in [1.29, 1.82) is 0 Å². The molecule has 2 heterocycles. The fourth-order valence-corrected chi connectivity index (χ4v) is 1.31. The Bertz CT molecular complexity index is 523. The van der Waals surface area contributed by atoms with Crippen molar-refractivity contribution in [1.82, 2.24) is 14.9 Å². The lowest BCUT2D eigenvalue weighted by Crippen LogP contribution is -2.19. The van der Waals surface area contributed by atoms with Gasteiger partial charge in [0.2, 0.25) is 0 Å². The topological polar surface area (TPSA) is 85.0 Å². The van der Waals surface area contributed by atoms with Crippen molar-refractivity contribution < 1.29 is 9.32 Å². The van der Waals surface area contributed by atoms with Gasteiger partial charge >= 0.3 is 6.03 Å². The Hall–Kier alpha value is -2.31. The first-order valence-electron chi connectivity index (χ1n) is 5.06. The molecule has 0 radical (unpaired) electrons. The van der Waals surface area contributed by atoms with Gasteiger partial charge in [-0.2, -0.15) is 5.10 Å². The molecule has 90 valence electrons. The van der Waals surface area contributed by atoms with Crippen molar-refractivity contribution in [2.45, 2.75) is 13.8 Å². The zero-order valence-corrected chi connectivity index (χ0v) is 9.81. The lowest BCUT2D eigenvalue weighted by molar-refractivity contribution is 0.262. The number of rotatable bonds is 2. The van der Waals surface area contributed by atoms with Crippen LogP contribution in [0.5, 0.6) is 0 Å². The van der Waals surface area contributed by atoms with E-state index >= 15 is 0 Å². The first-order valence-corrected chi connectivity index (χ1v) is 5.06. The number of hydrogen-bond donors (Lipinski definition) is 2. The molecule has 0 aliphatic rings. The van der Waals surface area contributed by atoms with Crippen LogP contribution in [0, 0.1) is 13.8 Å². The normalized spacial score (nSPS) is 10.3. The quantitative estimate of drug-likeness (QED) is 0.829. The van der Waals surface area contributed by atoms with E-state index in [0.717, 1.165) is 5.69 Å². The Morgan fingerprint density at radius 1 is 1.29 bits per heavy atom. The van der Waals surface area contributed by atoms with Crippen LogP contribution in [-0.2, 0) is 7.05 Å². The smallest absolute Gasteiger partial charge is 0.326 e. The van der Waals surface area contributed by atoms with Crippen LogP contribution in [0.25, 0.3) is 0 Å². The van der Waals surface area contributed by atoms with Crippen molar-refractivity contribution in [3.05, 3.63) is 23.6 Å². The van der Waals surface area contributed by atoms with Gasteiger partial charge in [0.15, 0.2) is 11.6 Å². The van der Waals surface area contributed by atoms with Crippen LogP contribution in [0.3, 0.4) is 0 Å². The van der Waals surface area contributed by atoms with Crippen molar-refractivity contribution in [2.24, 2.45) is 7.05 Å². The standard InChI is InChI=1S/C10H13N5O2/c1-6-4-8(13-15(6)3)11-10(16)12-9-5-7(2)17-14-9/h4-5H,1-3H3,(H2,11,12,13,14,16). The monoisotopic (exact) mass is 235 g/mol. The van der Waals surface area contributed by atoms with E-state index in [1.54, 1.807) is 30.8 Å². The Labute approximate surface area is 97.8 Å². The van der Waals surface area contributed by atoms with Gasteiger partial charge in [-0.15, -0.1) is 0 Å². The number of aryl methyl sites for hydroxylation is 3. The van der Waals surface area contributed by atoms with E-state index in [0.29, 0.717) is 17.4 Å². The number of hydrogen-bond acceptors (Lipinski definition) is 4. The SMILES string of the molecule is Cc1cc(NC(=O)Nc2cc(C)n(C)n2)no1. The third-order valence-corrected chi connectivity index (χ3v) is 2.22. The van der Waals surface area contributed by atoms with Crippen molar-refractivity contribution in [3.8, 4) is 0 Å². The van der Waals surface area contributed by atoms with Crippen molar-refractivity contribution in [3.63, 3.8) is 0 Å². The number of urea groups is 1. The van der Waals surface area contributed by atoms with Crippen LogP contribution in [0.2, 0.25) is 0 Å². The average Bonchev–Trinajstić information content (AvgIpc) is 2.75. The molecule has 7 heteroatoms. The number of amides is 2. The fraction of sp³-hybridized carbons (Fsp3) is 0.300. The fourth-order valence-electron chi connectivity index (χ4n) is 1.31. The van der Waals surface area contributed by atoms with Gasteiger partial charge in [-0.25, -0.2) is 4.79 Å². The van der Waals surface area contributed by atoms with E-state index in [9.17, 15) is 4.79 Å². The molecule has 2 aromatic heterocycles. The molecule has 0 unspecified atom stereocenters. The zero-order chi connectivity index (χ0) is 12.4. The molecule has 2 amide bonds. The van der Waals surface area contributed by atoms with Crippen LogP contribution >= 0.6 is 0 Å². The van der Waals surface area contributed by atoms with Gasteiger partial charge in [-0.05, 0) is 13.8 Å². The molecule has 7 nitrogen and oxygen atoms in total. The summed E-state index contributed by atoms with van der Waals surface area (Å²) in [4.78, 5) is 11.6. The predicted octanol–water partition coefficient (Wildman–Crippen LogP) is 1.67. The molecule has 0 aliphatic carbocycles. The lowest BCUT2D eigenvalue weighted by atomic mass is 10.4. The lowest BCUT2D eigenvalue weighted by Gasteiger charge is -2.00. The summed E-state index contributed by atoms with van der Waals surface area (Å²) in [5.41, 5.74) is 0.956. The Kier molecular flexibility index (Phi) is 2.82. The van der Waals surface area contributed by atoms with E-state index < -0.39 is 6.03 Å². The Morgan fingerprint density at radius 3 is 2.53 bits per heavy atom. The summed E-state index contributed by atoms with van der Waals surface area (Å²) < 4.78 is 6.50. The second-order valence-corrected chi connectivity index (χ2v) is 3.70. The Morgan fingerprint density at radius 2 is 2.00 bits per heavy atom. The van der Waals surface area contributed by atoms with Crippen molar-refractivity contribution in [2.75, 3.05) is 10.6 Å². The second kappa shape index (κ2) is 4.28. The van der Waals surface area contributed by atoms with Crippen LogP contribution in [0.15, 0.2) is 16.7 Å². The molecule has 0 aromatic carbocycles. The average molecular weight is 235 g/mol. The molecule has 0 atom stereocenters. The van der Waals surface area contributed by atoms with Crippen LogP contribution in [0.1, 0.15) is 11.5 Å². The van der Waals surface area contributed by atoms with Gasteiger partial charge in [0.25, 0.3) is 0 Å². The highest BCUT2D eigenvalue weighted by Gasteiger charge is 2.08. The van der Waals surface area contributed by atoms with Crippen molar-refractivity contribution >= 4 is 17.7 Å². The highest BCUT2D eigenvalue weighted by Crippen LogP contribution is 2.09. The van der Waals surface area contributed by atoms with E-state index in [4.69, 9.17) is 4.52 Å². The summed E-state index contributed by atoms with van der Waals surface area (Å²) in [6, 6.07) is 2.99. The molecular formula is C10H13N5O2. The minimum absolute atomic E-state index is 0.368. The number of aromatic nitrogens is 3. The first-order chi connectivity index (χ1) is 8.04. The minimum Gasteiger partial charge on any atom is -0.360 e. The number of nitrogens with one attached hydrogen (secondary N) is 2. The predicted molar refractivity (Wildman–Crippen MR) is 61.8 cm³/mol. The highest BCUT2D eigenvalue weighted by atomic mass is 16.5. The summed E-state index contributed by atoms with van der Waals surface area (Å²) in [6.45, 7) is 3.65. The number of anilines is 2. The van der Waals surface area contributed by atoms with E-state index in [1.165, 1.54) is 0 Å². The van der Waals surface area contributed by atoms with E-state index in [1.807, 2.05) is 6.92 Å². The first kappa shape index (κ1) is 11.2. The number of carbonyl (C=O) groups is 1. The third-order valence-electron chi connectivity index (χ3n) is 2.22. The molecule has 2 N–H and O–H groups in total. The molecule has 2 rings (SSSR count). The maximum absolute atomic E-state index is 11.6. The summed E-state index contributed by atoms with van der Waals surface area (Å²) >= 11 is 0. The van der Waals surface area contributed by atoms with Gasteiger partial charge in [0.05, 0.1) is 0 Å². The number of carbonyl (C=O) groups excluding carboxylic acids is 1.